The molecule has 0 atom stereocenters. The molecule has 0 aliphatic heterocycles. The Kier molecular flexibility index (Phi) is 2.97. The largest absolute Gasteiger partial charge is 0.325 e. The minimum absolute atomic E-state index is 0.221. The van der Waals surface area contributed by atoms with Crippen LogP contribution in [0.4, 0.5) is 5.69 Å². The molecular weight excluding hydrogens is 192 g/mol. The Balaban J connectivity index is 2.91. The maximum atomic E-state index is 10.7. The Hall–Kier alpha value is -1.42. The summed E-state index contributed by atoms with van der Waals surface area (Å²) in [5.74, 6) is -0.221. The van der Waals surface area contributed by atoms with Gasteiger partial charge in [-0.05, 0) is 17.7 Å². The number of anilines is 1. The van der Waals surface area contributed by atoms with Crippen molar-refractivity contribution in [1.29, 1.82) is 0 Å². The molecule has 0 spiro atoms. The average Bonchev–Trinajstić information content (AvgIpc) is 2.03. The van der Waals surface area contributed by atoms with E-state index in [1.165, 1.54) is 25.4 Å². The third-order valence-corrected chi connectivity index (χ3v) is 1.50. The van der Waals surface area contributed by atoms with E-state index in [1.54, 1.807) is 0 Å². The molecule has 0 aliphatic carbocycles. The monoisotopic (exact) mass is 198 g/mol. The van der Waals surface area contributed by atoms with E-state index in [9.17, 15) is 9.59 Å². The van der Waals surface area contributed by atoms with E-state index in [1.807, 2.05) is 0 Å². The summed E-state index contributed by atoms with van der Waals surface area (Å²) in [5, 5.41) is 1.89. The van der Waals surface area contributed by atoms with Crippen LogP contribution in [0.15, 0.2) is 18.5 Å². The lowest BCUT2D eigenvalue weighted by molar-refractivity contribution is -0.114. The first-order valence-corrected chi connectivity index (χ1v) is 3.90. The normalized spacial score (nSPS) is 9.38. The molecule has 0 radical (unpaired) electrons. The molecule has 1 heterocycles. The number of carbonyl (C=O) groups is 2. The van der Waals surface area contributed by atoms with Gasteiger partial charge in [0, 0.05) is 13.1 Å². The average molecular weight is 199 g/mol. The predicted octanol–water partition coefficient (Wildman–Crippen LogP) is 1.42. The van der Waals surface area contributed by atoms with E-state index in [2.05, 4.69) is 10.3 Å². The van der Waals surface area contributed by atoms with E-state index in [0.717, 1.165) is 0 Å². The molecule has 1 amide bonds. The van der Waals surface area contributed by atoms with Gasteiger partial charge in [-0.1, -0.05) is 0 Å². The van der Waals surface area contributed by atoms with Crippen LogP contribution in [0.3, 0.4) is 0 Å². The third kappa shape index (κ3) is 2.83. The molecule has 5 heteroatoms. The van der Waals surface area contributed by atoms with Crippen molar-refractivity contribution in [2.75, 3.05) is 5.32 Å². The number of nitrogens with zero attached hydrogens (tertiary/aromatic N) is 1. The first-order chi connectivity index (χ1) is 6.09. The predicted molar refractivity (Wildman–Crippen MR) is 48.7 cm³/mol. The molecule has 0 fully saturated rings. The van der Waals surface area contributed by atoms with Gasteiger partial charge in [-0.2, -0.15) is 0 Å². The standard InChI is InChI=1S/C8H7ClN2O2/c1-5(12)11-7-2-6(8(9)13)3-10-4-7/h2-4H,1H3,(H,11,12). The number of nitrogens with one attached hydrogen (secondary N) is 1. The fourth-order valence-electron chi connectivity index (χ4n) is 0.819. The summed E-state index contributed by atoms with van der Waals surface area (Å²) in [4.78, 5) is 25.1. The maximum Gasteiger partial charge on any atom is 0.254 e. The second kappa shape index (κ2) is 4.00. The summed E-state index contributed by atoms with van der Waals surface area (Å²) >= 11 is 5.22. The number of hydrogen-bond donors (Lipinski definition) is 1. The van der Waals surface area contributed by atoms with Crippen LogP contribution in [0.25, 0.3) is 0 Å². The lowest BCUT2D eigenvalue weighted by atomic mass is 10.3. The zero-order valence-electron chi connectivity index (χ0n) is 6.87. The Morgan fingerprint density at radius 3 is 2.69 bits per heavy atom. The van der Waals surface area contributed by atoms with Gasteiger partial charge < -0.3 is 5.32 Å². The fourth-order valence-corrected chi connectivity index (χ4v) is 0.922. The van der Waals surface area contributed by atoms with Crippen LogP contribution in [-0.2, 0) is 4.79 Å². The minimum atomic E-state index is -0.597. The molecule has 1 N–H and O–H groups in total. The van der Waals surface area contributed by atoms with E-state index in [0.29, 0.717) is 5.69 Å². The number of carbonyl (C=O) groups excluding carboxylic acids is 2. The van der Waals surface area contributed by atoms with Crippen molar-refractivity contribution in [3.8, 4) is 0 Å². The summed E-state index contributed by atoms with van der Waals surface area (Å²) in [5.41, 5.74) is 0.715. The van der Waals surface area contributed by atoms with E-state index in [-0.39, 0.29) is 11.5 Å². The number of rotatable bonds is 2. The second-order valence-corrected chi connectivity index (χ2v) is 2.76. The van der Waals surface area contributed by atoms with Crippen molar-refractivity contribution >= 4 is 28.4 Å². The van der Waals surface area contributed by atoms with Gasteiger partial charge in [0.1, 0.15) is 0 Å². The van der Waals surface area contributed by atoms with Gasteiger partial charge >= 0.3 is 0 Å². The van der Waals surface area contributed by atoms with Gasteiger partial charge in [0.25, 0.3) is 5.24 Å². The van der Waals surface area contributed by atoms with Gasteiger partial charge in [0.2, 0.25) is 5.91 Å². The molecule has 0 aromatic carbocycles. The number of hydrogen-bond acceptors (Lipinski definition) is 3. The first-order valence-electron chi connectivity index (χ1n) is 3.52. The highest BCUT2D eigenvalue weighted by Crippen LogP contribution is 2.09. The number of amides is 1. The zero-order chi connectivity index (χ0) is 9.84. The molecule has 1 rings (SSSR count). The van der Waals surface area contributed by atoms with Crippen molar-refractivity contribution < 1.29 is 9.59 Å². The van der Waals surface area contributed by atoms with Gasteiger partial charge in [-0.15, -0.1) is 0 Å². The second-order valence-electron chi connectivity index (χ2n) is 2.42. The van der Waals surface area contributed by atoms with Crippen LogP contribution in [0.5, 0.6) is 0 Å². The smallest absolute Gasteiger partial charge is 0.254 e. The van der Waals surface area contributed by atoms with Gasteiger partial charge in [0.05, 0.1) is 17.4 Å². The molecule has 1 aromatic heterocycles. The quantitative estimate of drug-likeness (QED) is 0.732. The van der Waals surface area contributed by atoms with Crippen LogP contribution < -0.4 is 5.32 Å². The minimum Gasteiger partial charge on any atom is -0.325 e. The summed E-state index contributed by atoms with van der Waals surface area (Å²) in [6.45, 7) is 1.37. The van der Waals surface area contributed by atoms with Crippen molar-refractivity contribution in [2.45, 2.75) is 6.92 Å². The number of aromatic nitrogens is 1. The number of pyridine rings is 1. The Morgan fingerprint density at radius 2 is 2.15 bits per heavy atom. The molecular formula is C8H7ClN2O2. The molecule has 0 bridgehead atoms. The van der Waals surface area contributed by atoms with Crippen molar-refractivity contribution in [3.05, 3.63) is 24.0 Å². The highest BCUT2D eigenvalue weighted by molar-refractivity contribution is 6.67. The lowest BCUT2D eigenvalue weighted by Crippen LogP contribution is -2.06. The van der Waals surface area contributed by atoms with Crippen LogP contribution >= 0.6 is 11.6 Å². The van der Waals surface area contributed by atoms with Crippen LogP contribution in [0.1, 0.15) is 17.3 Å². The molecule has 0 unspecified atom stereocenters. The Labute approximate surface area is 79.9 Å². The molecule has 1 aromatic rings. The maximum absolute atomic E-state index is 10.7. The third-order valence-electron chi connectivity index (χ3n) is 1.29. The highest BCUT2D eigenvalue weighted by atomic mass is 35.5. The van der Waals surface area contributed by atoms with Crippen molar-refractivity contribution in [2.24, 2.45) is 0 Å². The van der Waals surface area contributed by atoms with Gasteiger partial charge in [-0.3, -0.25) is 14.6 Å². The van der Waals surface area contributed by atoms with Crippen LogP contribution in [-0.4, -0.2) is 16.1 Å². The molecule has 0 saturated carbocycles. The topological polar surface area (TPSA) is 59.1 Å². The zero-order valence-corrected chi connectivity index (χ0v) is 7.63. The van der Waals surface area contributed by atoms with Crippen molar-refractivity contribution in [1.82, 2.24) is 4.98 Å². The van der Waals surface area contributed by atoms with Gasteiger partial charge in [0.15, 0.2) is 0 Å². The number of halogens is 1. The van der Waals surface area contributed by atoms with Crippen molar-refractivity contribution in [3.63, 3.8) is 0 Å². The summed E-state index contributed by atoms with van der Waals surface area (Å²) in [7, 11) is 0. The Morgan fingerprint density at radius 1 is 1.46 bits per heavy atom. The molecule has 0 saturated heterocycles. The summed E-state index contributed by atoms with van der Waals surface area (Å²) in [6.07, 6.45) is 2.77. The van der Waals surface area contributed by atoms with E-state index < -0.39 is 5.24 Å². The lowest BCUT2D eigenvalue weighted by Gasteiger charge is -2.01. The molecule has 0 aliphatic rings. The Bertz CT molecular complexity index is 352. The van der Waals surface area contributed by atoms with Crippen LogP contribution in [0, 0.1) is 0 Å². The first kappa shape index (κ1) is 9.67. The van der Waals surface area contributed by atoms with E-state index in [4.69, 9.17) is 11.6 Å². The fraction of sp³-hybridized carbons (Fsp3) is 0.125. The SMILES string of the molecule is CC(=O)Nc1cncc(C(=O)Cl)c1. The van der Waals surface area contributed by atoms with Gasteiger partial charge in [-0.25, -0.2) is 0 Å². The molecule has 13 heavy (non-hydrogen) atoms. The molecule has 4 nitrogen and oxygen atoms in total. The summed E-state index contributed by atoms with van der Waals surface area (Å²) < 4.78 is 0. The van der Waals surface area contributed by atoms with E-state index >= 15 is 0 Å². The van der Waals surface area contributed by atoms with Crippen LogP contribution in [0.2, 0.25) is 0 Å². The molecule has 68 valence electrons. The summed E-state index contributed by atoms with van der Waals surface area (Å²) in [6, 6.07) is 1.46. The highest BCUT2D eigenvalue weighted by Gasteiger charge is 2.03.